The third-order valence-corrected chi connectivity index (χ3v) is 4.22. The second-order valence-corrected chi connectivity index (χ2v) is 5.85. The summed E-state index contributed by atoms with van der Waals surface area (Å²) in [7, 11) is 0. The Morgan fingerprint density at radius 1 is 1.56 bits per heavy atom. The smallest absolute Gasteiger partial charge is 0.225 e. The van der Waals surface area contributed by atoms with Gasteiger partial charge in [0.2, 0.25) is 5.24 Å². The van der Waals surface area contributed by atoms with Gasteiger partial charge >= 0.3 is 0 Å². The predicted octanol–water partition coefficient (Wildman–Crippen LogP) is 2.83. The highest BCUT2D eigenvalue weighted by atomic mass is 35.5. The molecule has 0 saturated heterocycles. The molecule has 2 aliphatic rings. The Kier molecular flexibility index (Phi) is 3.24. The fourth-order valence-corrected chi connectivity index (χ4v) is 2.72. The molecule has 0 aromatic rings. The highest BCUT2D eigenvalue weighted by Crippen LogP contribution is 2.58. The van der Waals surface area contributed by atoms with E-state index in [1.165, 1.54) is 19.3 Å². The molecular formula is C12H18ClNO2. The highest BCUT2D eigenvalue weighted by Gasteiger charge is 2.60. The van der Waals surface area contributed by atoms with Crippen LogP contribution in [-0.2, 0) is 9.63 Å². The van der Waals surface area contributed by atoms with Crippen LogP contribution in [0.25, 0.3) is 0 Å². The zero-order chi connectivity index (χ0) is 11.8. The van der Waals surface area contributed by atoms with Crippen LogP contribution in [0.4, 0.5) is 0 Å². The molecular weight excluding hydrogens is 226 g/mol. The molecule has 2 atom stereocenters. The maximum absolute atomic E-state index is 11.1. The normalized spacial score (nSPS) is 32.4. The van der Waals surface area contributed by atoms with Crippen LogP contribution in [0.15, 0.2) is 5.16 Å². The minimum absolute atomic E-state index is 0.0534. The molecule has 0 aromatic carbocycles. The van der Waals surface area contributed by atoms with Crippen molar-refractivity contribution in [3.05, 3.63) is 0 Å². The standard InChI is InChI=1S/C12H18ClNO2/c1-12(2)9(10(12)11(13)15)6-14-16-7-8-4-3-5-8/h6,8-10H,3-5,7H2,1-2H3/b14-6+. The minimum atomic E-state index is -0.263. The van der Waals surface area contributed by atoms with Crippen LogP contribution in [0.5, 0.6) is 0 Å². The Balaban J connectivity index is 1.73. The van der Waals surface area contributed by atoms with Gasteiger partial charge in [0.25, 0.3) is 0 Å². The van der Waals surface area contributed by atoms with Gasteiger partial charge in [-0.15, -0.1) is 0 Å². The van der Waals surface area contributed by atoms with E-state index in [9.17, 15) is 4.79 Å². The number of hydrogen-bond donors (Lipinski definition) is 0. The topological polar surface area (TPSA) is 38.7 Å². The van der Waals surface area contributed by atoms with Crippen molar-refractivity contribution in [1.29, 1.82) is 0 Å². The van der Waals surface area contributed by atoms with Crippen molar-refractivity contribution in [2.45, 2.75) is 33.1 Å². The molecule has 90 valence electrons. The molecule has 2 saturated carbocycles. The van der Waals surface area contributed by atoms with Crippen LogP contribution < -0.4 is 0 Å². The van der Waals surface area contributed by atoms with Crippen molar-refractivity contribution in [3.8, 4) is 0 Å². The third kappa shape index (κ3) is 2.24. The first-order valence-electron chi connectivity index (χ1n) is 5.88. The fourth-order valence-electron chi connectivity index (χ4n) is 2.31. The van der Waals surface area contributed by atoms with E-state index in [4.69, 9.17) is 16.4 Å². The summed E-state index contributed by atoms with van der Waals surface area (Å²) >= 11 is 5.51. The van der Waals surface area contributed by atoms with Crippen LogP contribution >= 0.6 is 11.6 Å². The molecule has 0 heterocycles. The van der Waals surface area contributed by atoms with Gasteiger partial charge in [0.1, 0.15) is 6.61 Å². The summed E-state index contributed by atoms with van der Waals surface area (Å²) in [6, 6.07) is 0. The van der Waals surface area contributed by atoms with E-state index >= 15 is 0 Å². The Hall–Kier alpha value is -0.570. The number of carbonyl (C=O) groups is 1. The summed E-state index contributed by atoms with van der Waals surface area (Å²) in [6.07, 6.45) is 5.57. The second kappa shape index (κ2) is 4.36. The highest BCUT2D eigenvalue weighted by molar-refractivity contribution is 6.64. The van der Waals surface area contributed by atoms with Gasteiger partial charge in [-0.05, 0) is 35.8 Å². The summed E-state index contributed by atoms with van der Waals surface area (Å²) < 4.78 is 0. The molecule has 2 fully saturated rings. The van der Waals surface area contributed by atoms with Gasteiger partial charge in [-0.3, -0.25) is 4.79 Å². The molecule has 2 unspecified atom stereocenters. The van der Waals surface area contributed by atoms with Gasteiger partial charge in [0.05, 0.1) is 0 Å². The van der Waals surface area contributed by atoms with Crippen LogP contribution in [0, 0.1) is 23.2 Å². The van der Waals surface area contributed by atoms with E-state index in [1.807, 2.05) is 13.8 Å². The molecule has 4 heteroatoms. The molecule has 0 aliphatic heterocycles. The van der Waals surface area contributed by atoms with Gasteiger partial charge in [-0.2, -0.15) is 0 Å². The largest absolute Gasteiger partial charge is 0.396 e. The molecule has 0 bridgehead atoms. The van der Waals surface area contributed by atoms with Crippen molar-refractivity contribution in [3.63, 3.8) is 0 Å². The average molecular weight is 244 g/mol. The van der Waals surface area contributed by atoms with Gasteiger partial charge in [0.15, 0.2) is 0 Å². The number of oxime groups is 1. The third-order valence-electron chi connectivity index (χ3n) is 3.99. The summed E-state index contributed by atoms with van der Waals surface area (Å²) in [5.74, 6) is 0.735. The van der Waals surface area contributed by atoms with Gasteiger partial charge in [-0.1, -0.05) is 25.4 Å². The summed E-state index contributed by atoms with van der Waals surface area (Å²) in [6.45, 7) is 4.77. The van der Waals surface area contributed by atoms with Crippen LogP contribution in [0.2, 0.25) is 0 Å². The zero-order valence-electron chi connectivity index (χ0n) is 9.78. The van der Waals surface area contributed by atoms with E-state index in [-0.39, 0.29) is 22.5 Å². The molecule has 0 amide bonds. The second-order valence-electron chi connectivity index (χ2n) is 5.48. The Labute approximate surface area is 101 Å². The lowest BCUT2D eigenvalue weighted by atomic mass is 9.86. The fraction of sp³-hybridized carbons (Fsp3) is 0.833. The van der Waals surface area contributed by atoms with E-state index < -0.39 is 0 Å². The quantitative estimate of drug-likeness (QED) is 0.423. The average Bonchev–Trinajstić information content (AvgIpc) is 2.65. The number of rotatable bonds is 5. The summed E-state index contributed by atoms with van der Waals surface area (Å²) in [4.78, 5) is 16.3. The molecule has 16 heavy (non-hydrogen) atoms. The number of halogens is 1. The van der Waals surface area contributed by atoms with E-state index in [2.05, 4.69) is 5.16 Å². The lowest BCUT2D eigenvalue weighted by molar-refractivity contribution is -0.113. The van der Waals surface area contributed by atoms with Crippen molar-refractivity contribution >= 4 is 23.1 Å². The molecule has 0 aromatic heterocycles. The van der Waals surface area contributed by atoms with Crippen LogP contribution in [-0.4, -0.2) is 18.1 Å². The Morgan fingerprint density at radius 3 is 2.69 bits per heavy atom. The number of nitrogens with zero attached hydrogens (tertiary/aromatic N) is 1. The van der Waals surface area contributed by atoms with Crippen molar-refractivity contribution < 1.29 is 9.63 Å². The van der Waals surface area contributed by atoms with E-state index in [1.54, 1.807) is 6.21 Å². The first-order chi connectivity index (χ1) is 7.53. The summed E-state index contributed by atoms with van der Waals surface area (Å²) in [5.41, 5.74) is -0.0534. The molecule has 0 spiro atoms. The van der Waals surface area contributed by atoms with Gasteiger partial charge < -0.3 is 4.84 Å². The SMILES string of the molecule is CC1(C)C(/C=N/OCC2CCC2)C1C(=O)Cl. The number of carbonyl (C=O) groups excluding carboxylic acids is 1. The monoisotopic (exact) mass is 243 g/mol. The molecule has 2 rings (SSSR count). The first-order valence-corrected chi connectivity index (χ1v) is 6.26. The van der Waals surface area contributed by atoms with Crippen molar-refractivity contribution in [2.24, 2.45) is 28.3 Å². The maximum atomic E-state index is 11.1. The van der Waals surface area contributed by atoms with E-state index in [0.717, 1.165) is 0 Å². The minimum Gasteiger partial charge on any atom is -0.396 e. The summed E-state index contributed by atoms with van der Waals surface area (Å²) in [5, 5.41) is 3.68. The Bertz CT molecular complexity index is 310. The maximum Gasteiger partial charge on any atom is 0.225 e. The lowest BCUT2D eigenvalue weighted by Gasteiger charge is -2.23. The van der Waals surface area contributed by atoms with E-state index in [0.29, 0.717) is 12.5 Å². The first kappa shape index (κ1) is 11.9. The molecule has 3 nitrogen and oxygen atoms in total. The molecule has 2 aliphatic carbocycles. The molecule has 0 N–H and O–H groups in total. The van der Waals surface area contributed by atoms with Crippen LogP contribution in [0.3, 0.4) is 0 Å². The van der Waals surface area contributed by atoms with Crippen LogP contribution in [0.1, 0.15) is 33.1 Å². The zero-order valence-corrected chi connectivity index (χ0v) is 10.5. The Morgan fingerprint density at radius 2 is 2.25 bits per heavy atom. The van der Waals surface area contributed by atoms with Crippen molar-refractivity contribution in [2.75, 3.05) is 6.61 Å². The van der Waals surface area contributed by atoms with Crippen molar-refractivity contribution in [1.82, 2.24) is 0 Å². The number of hydrogen-bond acceptors (Lipinski definition) is 3. The van der Waals surface area contributed by atoms with Gasteiger partial charge in [0, 0.05) is 18.1 Å². The van der Waals surface area contributed by atoms with Gasteiger partial charge in [-0.25, -0.2) is 0 Å². The predicted molar refractivity (Wildman–Crippen MR) is 63.4 cm³/mol. The lowest BCUT2D eigenvalue weighted by Crippen LogP contribution is -2.16. The molecule has 0 radical (unpaired) electrons.